The van der Waals surface area contributed by atoms with Gasteiger partial charge >= 0.3 is 0 Å². The molecule has 2 aliphatic rings. The Kier molecular flexibility index (Phi) is 3.89. The average Bonchev–Trinajstić information content (AvgIpc) is 2.47. The number of likely N-dealkylation sites (tertiary alicyclic amines) is 1. The van der Waals surface area contributed by atoms with Gasteiger partial charge in [-0.1, -0.05) is 6.07 Å². The third kappa shape index (κ3) is 3.01. The van der Waals surface area contributed by atoms with Crippen LogP contribution in [0.2, 0.25) is 0 Å². The molecule has 4 nitrogen and oxygen atoms in total. The summed E-state index contributed by atoms with van der Waals surface area (Å²) in [6, 6.07) is 6.25. The van der Waals surface area contributed by atoms with Gasteiger partial charge in [-0.15, -0.1) is 0 Å². The van der Waals surface area contributed by atoms with Crippen LogP contribution in [-0.4, -0.2) is 44.4 Å². The lowest BCUT2D eigenvalue weighted by Crippen LogP contribution is -2.38. The normalized spacial score (nSPS) is 23.3. The zero-order valence-corrected chi connectivity index (χ0v) is 11.4. The van der Waals surface area contributed by atoms with Gasteiger partial charge in [0.1, 0.15) is 13.2 Å². The van der Waals surface area contributed by atoms with Gasteiger partial charge in [0.25, 0.3) is 0 Å². The molecule has 2 aliphatic heterocycles. The van der Waals surface area contributed by atoms with Gasteiger partial charge in [0.2, 0.25) is 0 Å². The number of hydrogen-bond acceptors (Lipinski definition) is 4. The monoisotopic (exact) mass is 263 g/mol. The molecule has 104 valence electrons. The minimum Gasteiger partial charge on any atom is -0.486 e. The maximum Gasteiger partial charge on any atom is 0.161 e. The van der Waals surface area contributed by atoms with Crippen LogP contribution in [0.1, 0.15) is 18.4 Å². The highest BCUT2D eigenvalue weighted by molar-refractivity contribution is 5.43. The summed E-state index contributed by atoms with van der Waals surface area (Å²) < 4.78 is 16.6. The zero-order valence-electron chi connectivity index (χ0n) is 11.4. The first kappa shape index (κ1) is 12.8. The van der Waals surface area contributed by atoms with Crippen LogP contribution < -0.4 is 9.47 Å². The number of benzene rings is 1. The number of rotatable bonds is 3. The molecule has 0 bridgehead atoms. The largest absolute Gasteiger partial charge is 0.486 e. The second kappa shape index (κ2) is 5.80. The Morgan fingerprint density at radius 2 is 2.11 bits per heavy atom. The molecule has 0 aromatic heterocycles. The summed E-state index contributed by atoms with van der Waals surface area (Å²) in [5.41, 5.74) is 1.28. The Morgan fingerprint density at radius 3 is 2.95 bits per heavy atom. The lowest BCUT2D eigenvalue weighted by molar-refractivity contribution is 0.0285. The fourth-order valence-corrected chi connectivity index (χ4v) is 2.79. The molecule has 0 amide bonds. The van der Waals surface area contributed by atoms with Crippen LogP contribution in [-0.2, 0) is 11.3 Å². The van der Waals surface area contributed by atoms with Crippen LogP contribution in [0, 0.1) is 0 Å². The SMILES string of the molecule is COC1CCCN(Cc2ccc3c(c2)OCCO3)C1. The molecule has 0 saturated carbocycles. The number of hydrogen-bond donors (Lipinski definition) is 0. The van der Waals surface area contributed by atoms with Crippen molar-refractivity contribution < 1.29 is 14.2 Å². The van der Waals surface area contributed by atoms with Crippen LogP contribution in [0.4, 0.5) is 0 Å². The third-order valence-electron chi connectivity index (χ3n) is 3.81. The van der Waals surface area contributed by atoms with Crippen molar-refractivity contribution in [2.45, 2.75) is 25.5 Å². The van der Waals surface area contributed by atoms with E-state index in [1.165, 1.54) is 18.4 Å². The molecule has 19 heavy (non-hydrogen) atoms. The second-order valence-corrected chi connectivity index (χ2v) is 5.21. The molecule has 0 N–H and O–H groups in total. The van der Waals surface area contributed by atoms with Crippen molar-refractivity contribution in [2.24, 2.45) is 0 Å². The van der Waals surface area contributed by atoms with Gasteiger partial charge < -0.3 is 14.2 Å². The molecule has 1 aromatic rings. The highest BCUT2D eigenvalue weighted by Gasteiger charge is 2.20. The summed E-state index contributed by atoms with van der Waals surface area (Å²) in [5.74, 6) is 1.74. The Bertz CT molecular complexity index is 435. The van der Waals surface area contributed by atoms with Crippen molar-refractivity contribution in [3.63, 3.8) is 0 Å². The van der Waals surface area contributed by atoms with E-state index >= 15 is 0 Å². The maximum atomic E-state index is 5.63. The van der Waals surface area contributed by atoms with E-state index in [9.17, 15) is 0 Å². The molecule has 0 aliphatic carbocycles. The quantitative estimate of drug-likeness (QED) is 0.835. The first-order chi connectivity index (χ1) is 9.35. The highest BCUT2D eigenvalue weighted by Crippen LogP contribution is 2.31. The molecule has 1 saturated heterocycles. The molecule has 0 radical (unpaired) electrons. The summed E-state index contributed by atoms with van der Waals surface area (Å²) in [5, 5.41) is 0. The standard InChI is InChI=1S/C15H21NO3/c1-17-13-3-2-6-16(11-13)10-12-4-5-14-15(9-12)19-8-7-18-14/h4-5,9,13H,2-3,6-8,10-11H2,1H3. The Morgan fingerprint density at radius 1 is 1.26 bits per heavy atom. The predicted molar refractivity (Wildman–Crippen MR) is 72.7 cm³/mol. The minimum atomic E-state index is 0.381. The molecule has 0 spiro atoms. The maximum absolute atomic E-state index is 5.63. The molecule has 1 atom stereocenters. The van der Waals surface area contributed by atoms with Gasteiger partial charge in [0.15, 0.2) is 11.5 Å². The van der Waals surface area contributed by atoms with E-state index in [4.69, 9.17) is 14.2 Å². The fourth-order valence-electron chi connectivity index (χ4n) is 2.79. The molecular formula is C15H21NO3. The average molecular weight is 263 g/mol. The van der Waals surface area contributed by atoms with E-state index in [1.54, 1.807) is 7.11 Å². The molecule has 1 aromatic carbocycles. The summed E-state index contributed by atoms with van der Waals surface area (Å²) >= 11 is 0. The summed E-state index contributed by atoms with van der Waals surface area (Å²) in [4.78, 5) is 2.45. The summed E-state index contributed by atoms with van der Waals surface area (Å²) in [7, 11) is 1.80. The Balaban J connectivity index is 1.66. The third-order valence-corrected chi connectivity index (χ3v) is 3.81. The zero-order chi connectivity index (χ0) is 13.1. The smallest absolute Gasteiger partial charge is 0.161 e. The minimum absolute atomic E-state index is 0.381. The van der Waals surface area contributed by atoms with E-state index in [1.807, 2.05) is 6.07 Å². The molecule has 4 heteroatoms. The molecule has 3 rings (SSSR count). The van der Waals surface area contributed by atoms with Crippen molar-refractivity contribution in [3.8, 4) is 11.5 Å². The Labute approximate surface area is 114 Å². The summed E-state index contributed by atoms with van der Waals surface area (Å²) in [6.45, 7) is 4.41. The van der Waals surface area contributed by atoms with Gasteiger partial charge in [-0.2, -0.15) is 0 Å². The fraction of sp³-hybridized carbons (Fsp3) is 0.600. The Hall–Kier alpha value is -1.26. The van der Waals surface area contributed by atoms with Gasteiger partial charge in [-0.05, 0) is 37.1 Å². The van der Waals surface area contributed by atoms with E-state index < -0.39 is 0 Å². The van der Waals surface area contributed by atoms with Crippen molar-refractivity contribution in [3.05, 3.63) is 23.8 Å². The molecular weight excluding hydrogens is 242 g/mol. The van der Waals surface area contributed by atoms with Gasteiger partial charge in [0, 0.05) is 20.2 Å². The topological polar surface area (TPSA) is 30.9 Å². The van der Waals surface area contributed by atoms with Gasteiger partial charge in [-0.25, -0.2) is 0 Å². The van der Waals surface area contributed by atoms with E-state index in [0.717, 1.165) is 31.1 Å². The van der Waals surface area contributed by atoms with Crippen LogP contribution in [0.15, 0.2) is 18.2 Å². The second-order valence-electron chi connectivity index (χ2n) is 5.21. The van der Waals surface area contributed by atoms with Crippen LogP contribution in [0.3, 0.4) is 0 Å². The first-order valence-electron chi connectivity index (χ1n) is 6.99. The number of fused-ring (bicyclic) bond motifs is 1. The predicted octanol–water partition coefficient (Wildman–Crippen LogP) is 2.07. The van der Waals surface area contributed by atoms with Crippen molar-refractivity contribution >= 4 is 0 Å². The first-order valence-corrected chi connectivity index (χ1v) is 6.99. The van der Waals surface area contributed by atoms with Crippen LogP contribution in [0.5, 0.6) is 11.5 Å². The van der Waals surface area contributed by atoms with Crippen molar-refractivity contribution in [2.75, 3.05) is 33.4 Å². The lowest BCUT2D eigenvalue weighted by Gasteiger charge is -2.32. The van der Waals surface area contributed by atoms with E-state index in [2.05, 4.69) is 17.0 Å². The van der Waals surface area contributed by atoms with Gasteiger partial charge in [-0.3, -0.25) is 4.90 Å². The van der Waals surface area contributed by atoms with Crippen LogP contribution in [0.25, 0.3) is 0 Å². The molecule has 1 fully saturated rings. The van der Waals surface area contributed by atoms with E-state index in [-0.39, 0.29) is 0 Å². The number of ether oxygens (including phenoxy) is 3. The summed E-state index contributed by atoms with van der Waals surface area (Å²) in [6.07, 6.45) is 2.77. The van der Waals surface area contributed by atoms with Gasteiger partial charge in [0.05, 0.1) is 6.10 Å². The highest BCUT2D eigenvalue weighted by atomic mass is 16.6. The molecule has 2 heterocycles. The lowest BCUT2D eigenvalue weighted by atomic mass is 10.1. The van der Waals surface area contributed by atoms with Crippen LogP contribution >= 0.6 is 0 Å². The number of piperidine rings is 1. The number of nitrogens with zero attached hydrogens (tertiary/aromatic N) is 1. The number of methoxy groups -OCH3 is 1. The van der Waals surface area contributed by atoms with E-state index in [0.29, 0.717) is 19.3 Å². The molecule has 1 unspecified atom stereocenters. The van der Waals surface area contributed by atoms with Crippen molar-refractivity contribution in [1.29, 1.82) is 0 Å². The van der Waals surface area contributed by atoms with Crippen molar-refractivity contribution in [1.82, 2.24) is 4.90 Å².